The van der Waals surface area contributed by atoms with Crippen molar-refractivity contribution in [3.8, 4) is 11.6 Å². The van der Waals surface area contributed by atoms with Gasteiger partial charge in [0.2, 0.25) is 0 Å². The molecule has 3 heterocycles. The van der Waals surface area contributed by atoms with Gasteiger partial charge in [-0.05, 0) is 0 Å². The zero-order chi connectivity index (χ0) is 11.8. The maximum absolute atomic E-state index is 5.38. The minimum Gasteiger partial charge on any atom is -0.376 e. The zero-order valence-corrected chi connectivity index (χ0v) is 10.3. The maximum Gasteiger partial charge on any atom is 0.175 e. The molecule has 17 heavy (non-hydrogen) atoms. The standard InChI is InChI=1S/C11H12N4OS/c1-15-4-3-12-10(15)9-13-8-2-5-16-6-7(8)11(17)14-9/h3-4H,2,5-6H2,1H3,(H,13,14,17). The number of rotatable bonds is 1. The van der Waals surface area contributed by atoms with Crippen LogP contribution in [0.15, 0.2) is 12.4 Å². The van der Waals surface area contributed by atoms with Crippen molar-refractivity contribution in [3.05, 3.63) is 28.3 Å². The molecule has 0 radical (unpaired) electrons. The van der Waals surface area contributed by atoms with E-state index >= 15 is 0 Å². The van der Waals surface area contributed by atoms with Crippen LogP contribution in [0.25, 0.3) is 11.6 Å². The van der Waals surface area contributed by atoms with Gasteiger partial charge < -0.3 is 14.3 Å². The van der Waals surface area contributed by atoms with Gasteiger partial charge in [0.15, 0.2) is 11.6 Å². The van der Waals surface area contributed by atoms with E-state index < -0.39 is 0 Å². The summed E-state index contributed by atoms with van der Waals surface area (Å²) in [7, 11) is 1.93. The smallest absolute Gasteiger partial charge is 0.175 e. The van der Waals surface area contributed by atoms with Crippen LogP contribution in [0.1, 0.15) is 11.3 Å². The SMILES string of the molecule is Cn1ccnc1-c1nc(=S)c2c([nH]1)CCOC2. The number of hydrogen-bond acceptors (Lipinski definition) is 4. The van der Waals surface area contributed by atoms with Gasteiger partial charge in [0.1, 0.15) is 4.64 Å². The molecular weight excluding hydrogens is 236 g/mol. The second-order valence-corrected chi connectivity index (χ2v) is 4.40. The Morgan fingerprint density at radius 1 is 1.53 bits per heavy atom. The number of aromatic nitrogens is 4. The summed E-state index contributed by atoms with van der Waals surface area (Å²) < 4.78 is 7.91. The Morgan fingerprint density at radius 3 is 3.18 bits per heavy atom. The fourth-order valence-electron chi connectivity index (χ4n) is 1.95. The third kappa shape index (κ3) is 1.79. The third-order valence-electron chi connectivity index (χ3n) is 2.88. The van der Waals surface area contributed by atoms with Gasteiger partial charge in [0, 0.05) is 37.1 Å². The number of H-pyrrole nitrogens is 1. The van der Waals surface area contributed by atoms with Crippen LogP contribution < -0.4 is 0 Å². The molecule has 2 aromatic heterocycles. The Hall–Kier alpha value is -1.53. The molecule has 3 rings (SSSR count). The van der Waals surface area contributed by atoms with Crippen LogP contribution in [0.2, 0.25) is 0 Å². The lowest BCUT2D eigenvalue weighted by molar-refractivity contribution is 0.108. The molecule has 1 aliphatic rings. The van der Waals surface area contributed by atoms with Crippen molar-refractivity contribution in [1.29, 1.82) is 0 Å². The lowest BCUT2D eigenvalue weighted by Crippen LogP contribution is -2.14. The number of aromatic amines is 1. The minimum atomic E-state index is 0.554. The Morgan fingerprint density at radius 2 is 2.41 bits per heavy atom. The highest BCUT2D eigenvalue weighted by molar-refractivity contribution is 7.71. The minimum absolute atomic E-state index is 0.554. The van der Waals surface area contributed by atoms with E-state index in [0.717, 1.165) is 35.9 Å². The molecule has 0 bridgehead atoms. The Bertz CT molecular complexity index is 616. The van der Waals surface area contributed by atoms with Crippen LogP contribution in [0.5, 0.6) is 0 Å². The number of aryl methyl sites for hydroxylation is 1. The Kier molecular flexibility index (Phi) is 2.53. The van der Waals surface area contributed by atoms with Crippen LogP contribution in [0, 0.1) is 4.64 Å². The number of fused-ring (bicyclic) bond motifs is 1. The summed E-state index contributed by atoms with van der Waals surface area (Å²) in [5, 5.41) is 0. The average Bonchev–Trinajstić information content (AvgIpc) is 2.75. The monoisotopic (exact) mass is 248 g/mol. The first-order chi connectivity index (χ1) is 8.25. The molecule has 6 heteroatoms. The van der Waals surface area contributed by atoms with Crippen molar-refractivity contribution in [1.82, 2.24) is 19.5 Å². The quantitative estimate of drug-likeness (QED) is 0.779. The van der Waals surface area contributed by atoms with Gasteiger partial charge >= 0.3 is 0 Å². The summed E-state index contributed by atoms with van der Waals surface area (Å²) >= 11 is 5.30. The maximum atomic E-state index is 5.38. The summed E-state index contributed by atoms with van der Waals surface area (Å²) in [6.45, 7) is 1.28. The van der Waals surface area contributed by atoms with E-state index in [0.29, 0.717) is 11.2 Å². The average molecular weight is 248 g/mol. The molecule has 0 spiro atoms. The number of nitrogens with one attached hydrogen (secondary N) is 1. The molecule has 0 saturated heterocycles. The van der Waals surface area contributed by atoms with Gasteiger partial charge in [0.25, 0.3) is 0 Å². The summed E-state index contributed by atoms with van der Waals surface area (Å²) in [4.78, 5) is 12.0. The predicted octanol–water partition coefficient (Wildman–Crippen LogP) is 1.61. The van der Waals surface area contributed by atoms with Crippen LogP contribution in [-0.2, 0) is 24.8 Å². The number of nitrogens with zero attached hydrogens (tertiary/aromatic N) is 3. The van der Waals surface area contributed by atoms with Crippen LogP contribution in [0.4, 0.5) is 0 Å². The van der Waals surface area contributed by atoms with E-state index in [1.54, 1.807) is 6.20 Å². The fourth-order valence-corrected chi connectivity index (χ4v) is 2.23. The molecule has 0 atom stereocenters. The summed E-state index contributed by atoms with van der Waals surface area (Å²) in [6, 6.07) is 0. The van der Waals surface area contributed by atoms with E-state index in [1.807, 2.05) is 17.8 Å². The van der Waals surface area contributed by atoms with E-state index in [1.165, 1.54) is 0 Å². The Labute approximate surface area is 103 Å². The highest BCUT2D eigenvalue weighted by Crippen LogP contribution is 2.19. The van der Waals surface area contributed by atoms with Crippen molar-refractivity contribution in [2.24, 2.45) is 7.05 Å². The Balaban J connectivity index is 2.17. The number of imidazole rings is 1. The van der Waals surface area contributed by atoms with Crippen molar-refractivity contribution < 1.29 is 4.74 Å². The lowest BCUT2D eigenvalue weighted by atomic mass is 10.1. The van der Waals surface area contributed by atoms with Crippen molar-refractivity contribution in [2.75, 3.05) is 6.61 Å². The normalized spacial score (nSPS) is 14.6. The molecule has 5 nitrogen and oxygen atoms in total. The van der Waals surface area contributed by atoms with Crippen LogP contribution >= 0.6 is 12.2 Å². The fraction of sp³-hybridized carbons (Fsp3) is 0.364. The summed E-state index contributed by atoms with van der Waals surface area (Å²) in [5.41, 5.74) is 2.12. The molecule has 0 aliphatic carbocycles. The molecule has 0 unspecified atom stereocenters. The van der Waals surface area contributed by atoms with Gasteiger partial charge in [0.05, 0.1) is 13.2 Å². The summed E-state index contributed by atoms with van der Waals surface area (Å²) in [5.74, 6) is 1.52. The molecule has 0 aromatic carbocycles. The first-order valence-electron chi connectivity index (χ1n) is 5.43. The first kappa shape index (κ1) is 10.6. The van der Waals surface area contributed by atoms with E-state index in [9.17, 15) is 0 Å². The topological polar surface area (TPSA) is 55.7 Å². The van der Waals surface area contributed by atoms with Crippen LogP contribution in [-0.4, -0.2) is 26.1 Å². The van der Waals surface area contributed by atoms with Gasteiger partial charge in [-0.2, -0.15) is 0 Å². The van der Waals surface area contributed by atoms with Gasteiger partial charge in [-0.3, -0.25) is 0 Å². The summed E-state index contributed by atoms with van der Waals surface area (Å²) in [6.07, 6.45) is 4.48. The number of ether oxygens (including phenoxy) is 1. The van der Waals surface area contributed by atoms with Gasteiger partial charge in [-0.1, -0.05) is 12.2 Å². The molecule has 0 amide bonds. The molecule has 0 fully saturated rings. The highest BCUT2D eigenvalue weighted by Gasteiger charge is 2.15. The lowest BCUT2D eigenvalue weighted by Gasteiger charge is -2.16. The molecule has 0 saturated carbocycles. The van der Waals surface area contributed by atoms with Gasteiger partial charge in [-0.25, -0.2) is 9.97 Å². The molecule has 2 aromatic rings. The molecule has 1 N–H and O–H groups in total. The molecule has 1 aliphatic heterocycles. The van der Waals surface area contributed by atoms with E-state index in [4.69, 9.17) is 17.0 Å². The molecule has 88 valence electrons. The largest absolute Gasteiger partial charge is 0.376 e. The van der Waals surface area contributed by atoms with Gasteiger partial charge in [-0.15, -0.1) is 0 Å². The zero-order valence-electron chi connectivity index (χ0n) is 9.43. The first-order valence-corrected chi connectivity index (χ1v) is 5.84. The van der Waals surface area contributed by atoms with Crippen molar-refractivity contribution >= 4 is 12.2 Å². The molecular formula is C11H12N4OS. The second-order valence-electron chi connectivity index (χ2n) is 4.01. The predicted molar refractivity (Wildman–Crippen MR) is 65.0 cm³/mol. The van der Waals surface area contributed by atoms with E-state index in [-0.39, 0.29) is 0 Å². The number of hydrogen-bond donors (Lipinski definition) is 1. The van der Waals surface area contributed by atoms with Crippen molar-refractivity contribution in [2.45, 2.75) is 13.0 Å². The van der Waals surface area contributed by atoms with Crippen LogP contribution in [0.3, 0.4) is 0 Å². The second kappa shape index (κ2) is 4.05. The van der Waals surface area contributed by atoms with E-state index in [2.05, 4.69) is 15.0 Å². The third-order valence-corrected chi connectivity index (χ3v) is 3.22. The van der Waals surface area contributed by atoms with Crippen molar-refractivity contribution in [3.63, 3.8) is 0 Å². The highest BCUT2D eigenvalue weighted by atomic mass is 32.1.